The van der Waals surface area contributed by atoms with Crippen molar-refractivity contribution in [2.75, 3.05) is 19.9 Å². The lowest BCUT2D eigenvalue weighted by molar-refractivity contribution is -0.155. The Morgan fingerprint density at radius 3 is 2.52 bits per heavy atom. The van der Waals surface area contributed by atoms with Crippen LogP contribution in [0, 0.1) is 0 Å². The molecule has 1 heterocycles. The van der Waals surface area contributed by atoms with Crippen LogP contribution >= 0.6 is 0 Å². The van der Waals surface area contributed by atoms with Crippen molar-refractivity contribution >= 4 is 0 Å². The lowest BCUT2D eigenvalue weighted by Crippen LogP contribution is -2.22. The highest BCUT2D eigenvalue weighted by atomic mass is 19.1. The van der Waals surface area contributed by atoms with Gasteiger partial charge in [0.2, 0.25) is 0 Å². The summed E-state index contributed by atoms with van der Waals surface area (Å²) in [5.41, 5.74) is 3.51. The molecular formula is C20H33FO2. The molecule has 1 aliphatic rings. The number of hydrogen-bond acceptors (Lipinski definition) is 2. The first kappa shape index (κ1) is 20.1. The maximum atomic E-state index is 13.0. The summed E-state index contributed by atoms with van der Waals surface area (Å²) in [5, 5.41) is 0. The Morgan fingerprint density at radius 2 is 1.87 bits per heavy atom. The Bertz CT molecular complexity index is 400. The summed E-state index contributed by atoms with van der Waals surface area (Å²) < 4.78 is 24.2. The van der Waals surface area contributed by atoms with Crippen molar-refractivity contribution in [3.63, 3.8) is 0 Å². The highest BCUT2D eigenvalue weighted by molar-refractivity contribution is 5.07. The van der Waals surface area contributed by atoms with Crippen molar-refractivity contribution in [1.82, 2.24) is 0 Å². The molecule has 1 saturated heterocycles. The van der Waals surface area contributed by atoms with Gasteiger partial charge in [0.15, 0.2) is 6.29 Å². The lowest BCUT2D eigenvalue weighted by atomic mass is 10.1. The average molecular weight is 324 g/mol. The zero-order valence-corrected chi connectivity index (χ0v) is 15.1. The third-order valence-electron chi connectivity index (χ3n) is 4.01. The fourth-order valence-corrected chi connectivity index (χ4v) is 2.52. The summed E-state index contributed by atoms with van der Waals surface area (Å²) in [6, 6.07) is 0. The van der Waals surface area contributed by atoms with Gasteiger partial charge in [-0.2, -0.15) is 0 Å². The molecule has 132 valence electrons. The number of allylic oxidation sites excluding steroid dienone is 5. The number of halogens is 1. The fraction of sp³-hybridized carbons (Fsp3) is 0.700. The lowest BCUT2D eigenvalue weighted by Gasteiger charge is -2.22. The van der Waals surface area contributed by atoms with Gasteiger partial charge in [0.25, 0.3) is 0 Å². The van der Waals surface area contributed by atoms with E-state index in [1.165, 1.54) is 17.6 Å². The molecule has 1 unspecified atom stereocenters. The number of alkyl halides is 1. The van der Waals surface area contributed by atoms with Crippen LogP contribution in [0.5, 0.6) is 0 Å². The van der Waals surface area contributed by atoms with Crippen LogP contribution in [0.15, 0.2) is 34.9 Å². The average Bonchev–Trinajstić information content (AvgIpc) is 2.54. The molecule has 0 aliphatic carbocycles. The van der Waals surface area contributed by atoms with Gasteiger partial charge in [-0.25, -0.2) is 4.39 Å². The minimum atomic E-state index is -0.332. The summed E-state index contributed by atoms with van der Waals surface area (Å²) in [6.07, 6.45) is 13.3. The van der Waals surface area contributed by atoms with Crippen molar-refractivity contribution in [2.24, 2.45) is 0 Å². The van der Waals surface area contributed by atoms with Crippen LogP contribution < -0.4 is 0 Å². The van der Waals surface area contributed by atoms with E-state index < -0.39 is 0 Å². The Balaban J connectivity index is 2.21. The van der Waals surface area contributed by atoms with E-state index in [-0.39, 0.29) is 13.0 Å². The van der Waals surface area contributed by atoms with Crippen molar-refractivity contribution in [3.8, 4) is 0 Å². The molecule has 1 atom stereocenters. The standard InChI is InChI=1S/C20H33FO2/c1-17(2)8-6-10-19(16-21)11-7-9-18(3)13-15-23-20-12-4-5-14-22-20/h8,11,13,20H,4-7,9-10,12,14-16H2,1-3H3/b18-13+,19-11-. The molecule has 0 N–H and O–H groups in total. The molecule has 0 bridgehead atoms. The van der Waals surface area contributed by atoms with Crippen LogP contribution in [0.2, 0.25) is 0 Å². The second-order valence-corrected chi connectivity index (χ2v) is 6.53. The van der Waals surface area contributed by atoms with Gasteiger partial charge in [-0.05, 0) is 71.3 Å². The van der Waals surface area contributed by atoms with Crippen LogP contribution in [0.1, 0.15) is 65.7 Å². The molecule has 0 aromatic carbocycles. The molecule has 3 heteroatoms. The first-order valence-electron chi connectivity index (χ1n) is 8.88. The fourth-order valence-electron chi connectivity index (χ4n) is 2.52. The molecule has 0 radical (unpaired) electrons. The van der Waals surface area contributed by atoms with Crippen LogP contribution in [-0.2, 0) is 9.47 Å². The summed E-state index contributed by atoms with van der Waals surface area (Å²) in [5.74, 6) is 0. The molecule has 2 nitrogen and oxygen atoms in total. The maximum Gasteiger partial charge on any atom is 0.157 e. The third kappa shape index (κ3) is 10.5. The molecule has 0 aromatic heterocycles. The van der Waals surface area contributed by atoms with E-state index >= 15 is 0 Å². The van der Waals surface area contributed by atoms with Crippen molar-refractivity contribution < 1.29 is 13.9 Å². The molecule has 1 rings (SSSR count). The van der Waals surface area contributed by atoms with Crippen molar-refractivity contribution in [2.45, 2.75) is 72.0 Å². The largest absolute Gasteiger partial charge is 0.353 e. The Hall–Kier alpha value is -0.930. The maximum absolute atomic E-state index is 13.0. The molecule has 0 amide bonds. The Labute approximate surface area is 141 Å². The number of ether oxygens (including phenoxy) is 2. The second kappa shape index (κ2) is 12.5. The van der Waals surface area contributed by atoms with E-state index in [4.69, 9.17) is 9.47 Å². The van der Waals surface area contributed by atoms with Crippen molar-refractivity contribution in [1.29, 1.82) is 0 Å². The van der Waals surface area contributed by atoms with Gasteiger partial charge in [-0.15, -0.1) is 0 Å². The molecule has 1 aliphatic heterocycles. The van der Waals surface area contributed by atoms with Gasteiger partial charge in [-0.1, -0.05) is 29.4 Å². The minimum Gasteiger partial charge on any atom is -0.353 e. The summed E-state index contributed by atoms with van der Waals surface area (Å²) in [6.45, 7) is 7.35. The number of rotatable bonds is 10. The van der Waals surface area contributed by atoms with E-state index in [0.29, 0.717) is 6.61 Å². The second-order valence-electron chi connectivity index (χ2n) is 6.53. The molecule has 1 fully saturated rings. The number of hydrogen-bond donors (Lipinski definition) is 0. The third-order valence-corrected chi connectivity index (χ3v) is 4.01. The zero-order valence-electron chi connectivity index (χ0n) is 15.1. The quantitative estimate of drug-likeness (QED) is 0.466. The van der Waals surface area contributed by atoms with Gasteiger partial charge in [0.05, 0.1) is 6.61 Å². The van der Waals surface area contributed by atoms with Crippen LogP contribution in [0.4, 0.5) is 4.39 Å². The topological polar surface area (TPSA) is 18.5 Å². The Morgan fingerprint density at radius 1 is 1.09 bits per heavy atom. The highest BCUT2D eigenvalue weighted by Gasteiger charge is 2.12. The van der Waals surface area contributed by atoms with E-state index in [1.807, 2.05) is 0 Å². The predicted molar refractivity (Wildman–Crippen MR) is 95.3 cm³/mol. The summed E-state index contributed by atoms with van der Waals surface area (Å²) >= 11 is 0. The molecule has 0 spiro atoms. The van der Waals surface area contributed by atoms with Crippen LogP contribution in [0.25, 0.3) is 0 Å². The van der Waals surface area contributed by atoms with Crippen molar-refractivity contribution in [3.05, 3.63) is 34.9 Å². The van der Waals surface area contributed by atoms with Gasteiger partial charge in [-0.3, -0.25) is 0 Å². The molecule has 0 aromatic rings. The van der Waals surface area contributed by atoms with E-state index in [9.17, 15) is 4.39 Å². The summed E-state index contributed by atoms with van der Waals surface area (Å²) in [7, 11) is 0. The van der Waals surface area contributed by atoms with Gasteiger partial charge in [0, 0.05) is 6.61 Å². The normalized spacial score (nSPS) is 19.7. The highest BCUT2D eigenvalue weighted by Crippen LogP contribution is 2.15. The Kier molecular flexibility index (Phi) is 10.9. The molecular weight excluding hydrogens is 291 g/mol. The van der Waals surface area contributed by atoms with Crippen LogP contribution in [-0.4, -0.2) is 26.2 Å². The first-order chi connectivity index (χ1) is 11.1. The summed E-state index contributed by atoms with van der Waals surface area (Å²) in [4.78, 5) is 0. The smallest absolute Gasteiger partial charge is 0.157 e. The molecule has 23 heavy (non-hydrogen) atoms. The van der Waals surface area contributed by atoms with Gasteiger partial charge >= 0.3 is 0 Å². The van der Waals surface area contributed by atoms with E-state index in [0.717, 1.165) is 50.7 Å². The monoisotopic (exact) mass is 324 g/mol. The minimum absolute atomic E-state index is 0.0269. The van der Waals surface area contributed by atoms with E-state index in [1.54, 1.807) is 0 Å². The molecule has 0 saturated carbocycles. The van der Waals surface area contributed by atoms with Gasteiger partial charge in [0.1, 0.15) is 6.67 Å². The first-order valence-corrected chi connectivity index (χ1v) is 8.88. The predicted octanol–water partition coefficient (Wildman–Crippen LogP) is 5.90. The van der Waals surface area contributed by atoms with Gasteiger partial charge < -0.3 is 9.47 Å². The SMILES string of the molecule is CC(C)=CCC/C(=C/CC/C(C)=C/COC1CCCCO1)CF. The van der Waals surface area contributed by atoms with Crippen LogP contribution in [0.3, 0.4) is 0 Å². The zero-order chi connectivity index (χ0) is 16.9. The van der Waals surface area contributed by atoms with E-state index in [2.05, 4.69) is 39.0 Å².